The van der Waals surface area contributed by atoms with Gasteiger partial charge in [0.15, 0.2) is 10.3 Å². The Morgan fingerprint density at radius 1 is 0.796 bits per heavy atom. The SMILES string of the molecule is CN=C=O.CNC(=O)N1CCC(Nc2nc(N)c(C(=O)c3c(F)cccc3F)s2)CC1.Nc1nc(NC2CCNCC2)sc1C(=O)c1c(F)cccc1F. The van der Waals surface area contributed by atoms with Crippen LogP contribution in [0.25, 0.3) is 0 Å². The van der Waals surface area contributed by atoms with Gasteiger partial charge in [-0.3, -0.25) is 9.59 Å². The molecule has 2 aromatic heterocycles. The highest BCUT2D eigenvalue weighted by atomic mass is 32.1. The third-order valence-electron chi connectivity index (χ3n) is 8.18. The van der Waals surface area contributed by atoms with E-state index in [1.165, 1.54) is 25.3 Å². The van der Waals surface area contributed by atoms with Crippen LogP contribution in [-0.2, 0) is 4.79 Å². The minimum Gasteiger partial charge on any atom is -0.382 e. The predicted molar refractivity (Wildman–Crippen MR) is 199 cm³/mol. The lowest BCUT2D eigenvalue weighted by atomic mass is 10.1. The van der Waals surface area contributed by atoms with Gasteiger partial charge < -0.3 is 37.6 Å². The van der Waals surface area contributed by atoms with E-state index in [9.17, 15) is 31.9 Å². The van der Waals surface area contributed by atoms with Crippen molar-refractivity contribution in [2.45, 2.75) is 37.8 Å². The van der Waals surface area contributed by atoms with Crippen LogP contribution in [0.15, 0.2) is 41.4 Å². The summed E-state index contributed by atoms with van der Waals surface area (Å²) >= 11 is 1.99. The lowest BCUT2D eigenvalue weighted by Crippen LogP contribution is -2.45. The molecule has 288 valence electrons. The van der Waals surface area contributed by atoms with E-state index in [0.717, 1.165) is 72.9 Å². The van der Waals surface area contributed by atoms with E-state index < -0.39 is 46.0 Å². The predicted octanol–water partition coefficient (Wildman–Crippen LogP) is 4.80. The molecule has 4 aromatic rings. The van der Waals surface area contributed by atoms with Gasteiger partial charge in [0.1, 0.15) is 44.7 Å². The number of piperidine rings is 2. The molecule has 0 bridgehead atoms. The number of nitrogens with two attached hydrogens (primary N) is 2. The van der Waals surface area contributed by atoms with Gasteiger partial charge in [-0.05, 0) is 63.0 Å². The zero-order valence-corrected chi connectivity index (χ0v) is 30.8. The zero-order chi connectivity index (χ0) is 39.4. The number of rotatable bonds is 8. The van der Waals surface area contributed by atoms with Crippen molar-refractivity contribution in [1.82, 2.24) is 25.5 Å². The van der Waals surface area contributed by atoms with E-state index in [2.05, 4.69) is 36.2 Å². The monoisotopic (exact) mass is 790 g/mol. The summed E-state index contributed by atoms with van der Waals surface area (Å²) in [5.74, 6) is -5.40. The number of anilines is 4. The molecule has 2 amide bonds. The molecule has 0 spiro atoms. The molecule has 2 saturated heterocycles. The number of thiazole rings is 2. The van der Waals surface area contributed by atoms with Crippen molar-refractivity contribution in [3.63, 3.8) is 0 Å². The number of halogens is 4. The average Bonchev–Trinajstić information content (AvgIpc) is 3.72. The molecule has 0 unspecified atom stereocenters. The number of aromatic nitrogens is 2. The molecule has 0 saturated carbocycles. The van der Waals surface area contributed by atoms with Crippen LogP contribution in [0.2, 0.25) is 0 Å². The molecule has 0 aliphatic carbocycles. The second-order valence-corrected chi connectivity index (χ2v) is 13.8. The van der Waals surface area contributed by atoms with E-state index in [1.54, 1.807) is 11.9 Å². The average molecular weight is 791 g/mol. The van der Waals surface area contributed by atoms with E-state index in [4.69, 9.17) is 16.3 Å². The molecule has 6 rings (SSSR count). The molecule has 14 nitrogen and oxygen atoms in total. The number of hydrogen-bond acceptors (Lipinski definition) is 14. The van der Waals surface area contributed by atoms with Gasteiger partial charge in [-0.1, -0.05) is 34.8 Å². The Kier molecular flexibility index (Phi) is 15.0. The van der Waals surface area contributed by atoms with Gasteiger partial charge in [0.05, 0.1) is 11.1 Å². The number of urea groups is 1. The Morgan fingerprint density at radius 2 is 1.19 bits per heavy atom. The van der Waals surface area contributed by atoms with Crippen molar-refractivity contribution in [3.8, 4) is 0 Å². The summed E-state index contributed by atoms with van der Waals surface area (Å²) in [7, 11) is 2.97. The fourth-order valence-corrected chi connectivity index (χ4v) is 7.29. The Bertz CT molecular complexity index is 1950. The van der Waals surface area contributed by atoms with Gasteiger partial charge >= 0.3 is 6.03 Å². The molecule has 54 heavy (non-hydrogen) atoms. The number of carbonyl (C=O) groups is 3. The van der Waals surface area contributed by atoms with E-state index in [0.29, 0.717) is 36.2 Å². The van der Waals surface area contributed by atoms with Crippen molar-refractivity contribution in [1.29, 1.82) is 0 Å². The van der Waals surface area contributed by atoms with Crippen LogP contribution in [0, 0.1) is 23.3 Å². The van der Waals surface area contributed by atoms with Gasteiger partial charge in [-0.2, -0.15) is 0 Å². The summed E-state index contributed by atoms with van der Waals surface area (Å²) in [6.45, 7) is 2.99. The minimum atomic E-state index is -0.941. The first-order chi connectivity index (χ1) is 25.9. The van der Waals surface area contributed by atoms with Crippen LogP contribution < -0.4 is 32.7 Å². The lowest BCUT2D eigenvalue weighted by Gasteiger charge is -2.31. The summed E-state index contributed by atoms with van der Waals surface area (Å²) in [6.07, 6.45) is 4.59. The highest BCUT2D eigenvalue weighted by Gasteiger charge is 2.27. The molecule has 2 aromatic carbocycles. The number of nitrogen functional groups attached to an aromatic ring is 2. The highest BCUT2D eigenvalue weighted by Crippen LogP contribution is 2.32. The van der Waals surface area contributed by atoms with Crippen LogP contribution in [0.3, 0.4) is 0 Å². The lowest BCUT2D eigenvalue weighted by molar-refractivity contribution is 0.102. The summed E-state index contributed by atoms with van der Waals surface area (Å²) in [4.78, 5) is 58.3. The number of benzene rings is 2. The molecule has 2 aliphatic heterocycles. The quantitative estimate of drug-likeness (QED) is 0.0618. The second kappa shape index (κ2) is 19.6. The summed E-state index contributed by atoms with van der Waals surface area (Å²) in [6, 6.07) is 6.71. The Morgan fingerprint density at radius 3 is 1.56 bits per heavy atom. The van der Waals surface area contributed by atoms with Crippen LogP contribution in [0.4, 0.5) is 44.3 Å². The first-order valence-electron chi connectivity index (χ1n) is 16.5. The standard InChI is InChI=1S/C17H19F2N5O2S.C15H16F2N4OS.C2H3NO/c1-21-17(26)24-7-5-9(6-8-24)22-16-23-15(20)14(27-16)13(25)12-10(18)3-2-4-11(12)19;16-9-2-1-3-10(17)11(9)12(22)13-14(18)21-15(23-13)20-8-4-6-19-7-5-8;1-3-2-4/h2-4,9H,5-8,20H2,1H3,(H,21,26)(H,22,23);1-3,8,19H,4-7,18H2,(H,20,21);1H3. The summed E-state index contributed by atoms with van der Waals surface area (Å²) < 4.78 is 55.2. The normalized spacial score (nSPS) is 14.4. The number of nitrogens with one attached hydrogen (secondary N) is 4. The van der Waals surface area contributed by atoms with Crippen molar-refractivity contribution in [2.24, 2.45) is 4.99 Å². The Labute approximate surface area is 315 Å². The minimum absolute atomic E-state index is 0.00991. The molecule has 20 heteroatoms. The highest BCUT2D eigenvalue weighted by molar-refractivity contribution is 7.18. The summed E-state index contributed by atoms with van der Waals surface area (Å²) in [5, 5.41) is 13.2. The maximum absolute atomic E-state index is 13.9. The van der Waals surface area contributed by atoms with Gasteiger partial charge in [-0.25, -0.2) is 42.1 Å². The Hall–Kier alpha value is -5.43. The molecular weight excluding hydrogens is 753 g/mol. The van der Waals surface area contributed by atoms with Crippen molar-refractivity contribution >= 4 is 68.2 Å². The van der Waals surface area contributed by atoms with Crippen LogP contribution in [-0.4, -0.2) is 90.9 Å². The number of hydrogen-bond donors (Lipinski definition) is 6. The fourth-order valence-electron chi connectivity index (χ4n) is 5.47. The van der Waals surface area contributed by atoms with Crippen molar-refractivity contribution < 1.29 is 36.7 Å². The van der Waals surface area contributed by atoms with Crippen molar-refractivity contribution in [3.05, 3.63) is 80.5 Å². The first kappa shape index (κ1) is 41.3. The van der Waals surface area contributed by atoms with Crippen LogP contribution in [0.1, 0.15) is 56.2 Å². The number of carbonyl (C=O) groups excluding carboxylic acids is 4. The van der Waals surface area contributed by atoms with Crippen molar-refractivity contribution in [2.75, 3.05) is 62.4 Å². The zero-order valence-electron chi connectivity index (χ0n) is 29.2. The maximum atomic E-state index is 13.9. The number of nitrogens with zero attached hydrogens (tertiary/aromatic N) is 4. The summed E-state index contributed by atoms with van der Waals surface area (Å²) in [5.41, 5.74) is 10.3. The molecular formula is C34H38F4N10O4S2. The van der Waals surface area contributed by atoms with E-state index in [1.807, 2.05) is 0 Å². The largest absolute Gasteiger partial charge is 0.382 e. The third kappa shape index (κ3) is 10.6. The number of amides is 2. The van der Waals surface area contributed by atoms with Gasteiger partial charge in [0.25, 0.3) is 0 Å². The maximum Gasteiger partial charge on any atom is 0.317 e. The third-order valence-corrected chi connectivity index (χ3v) is 10.2. The van der Waals surface area contributed by atoms with Gasteiger partial charge in [0, 0.05) is 39.3 Å². The molecule has 4 heterocycles. The molecule has 0 atom stereocenters. The fraction of sp³-hybridized carbons (Fsp3) is 0.353. The van der Waals surface area contributed by atoms with Gasteiger partial charge in [-0.15, -0.1) is 0 Å². The molecule has 2 aliphatic rings. The number of likely N-dealkylation sites (tertiary alicyclic amines) is 1. The molecule has 0 radical (unpaired) electrons. The van der Waals surface area contributed by atoms with Crippen LogP contribution in [0.5, 0.6) is 0 Å². The molecule has 8 N–H and O–H groups in total. The van der Waals surface area contributed by atoms with E-state index >= 15 is 0 Å². The number of isocyanates is 1. The van der Waals surface area contributed by atoms with E-state index in [-0.39, 0.29) is 39.5 Å². The van der Waals surface area contributed by atoms with Crippen LogP contribution >= 0.6 is 22.7 Å². The second-order valence-electron chi connectivity index (χ2n) is 11.8. The number of ketones is 2. The first-order valence-corrected chi connectivity index (χ1v) is 18.2. The molecule has 2 fully saturated rings. The van der Waals surface area contributed by atoms with Gasteiger partial charge in [0.2, 0.25) is 17.6 Å². The Balaban J connectivity index is 0.000000221. The number of aliphatic imine (C=N–C) groups is 1. The topological polar surface area (TPSA) is 210 Å². The smallest absolute Gasteiger partial charge is 0.317 e.